The predicted octanol–water partition coefficient (Wildman–Crippen LogP) is 4.06. The minimum absolute atomic E-state index is 0.0189. The highest BCUT2D eigenvalue weighted by molar-refractivity contribution is 5.99. The van der Waals surface area contributed by atoms with Crippen LogP contribution in [-0.2, 0) is 0 Å². The van der Waals surface area contributed by atoms with Gasteiger partial charge in [-0.15, -0.1) is 0 Å². The largest absolute Gasteiger partial charge is 0.497 e. The molecule has 1 aromatic heterocycles. The smallest absolute Gasteiger partial charge is 0.323 e. The van der Waals surface area contributed by atoms with E-state index in [1.54, 1.807) is 43.5 Å². The van der Waals surface area contributed by atoms with Crippen LogP contribution in [0.5, 0.6) is 17.5 Å². The van der Waals surface area contributed by atoms with Crippen LogP contribution in [0.4, 0.5) is 20.6 Å². The molecule has 0 bridgehead atoms. The summed E-state index contributed by atoms with van der Waals surface area (Å²) in [5, 5.41) is 5.25. The number of anilines is 2. The highest BCUT2D eigenvalue weighted by Gasteiger charge is 2.07. The molecule has 1 heterocycles. The molecule has 0 unspecified atom stereocenters. The van der Waals surface area contributed by atoms with E-state index in [1.165, 1.54) is 24.5 Å². The summed E-state index contributed by atoms with van der Waals surface area (Å²) >= 11 is 0. The van der Waals surface area contributed by atoms with Gasteiger partial charge in [-0.25, -0.2) is 19.2 Å². The van der Waals surface area contributed by atoms with Crippen molar-refractivity contribution >= 4 is 17.4 Å². The van der Waals surface area contributed by atoms with E-state index in [0.29, 0.717) is 17.1 Å². The van der Waals surface area contributed by atoms with E-state index in [-0.39, 0.29) is 11.8 Å². The third-order valence-electron chi connectivity index (χ3n) is 3.27. The number of methoxy groups -OCH3 is 1. The Bertz CT molecular complexity index is 886. The maximum Gasteiger partial charge on any atom is 0.323 e. The molecule has 0 aliphatic carbocycles. The highest BCUT2D eigenvalue weighted by atomic mass is 19.1. The molecule has 0 radical (unpaired) electrons. The third-order valence-corrected chi connectivity index (χ3v) is 3.27. The molecule has 7 nitrogen and oxygen atoms in total. The van der Waals surface area contributed by atoms with Crippen molar-refractivity contribution in [3.8, 4) is 17.5 Å². The molecule has 2 amide bonds. The summed E-state index contributed by atoms with van der Waals surface area (Å²) < 4.78 is 23.8. The summed E-state index contributed by atoms with van der Waals surface area (Å²) in [4.78, 5) is 19.8. The number of amides is 2. The van der Waals surface area contributed by atoms with E-state index in [9.17, 15) is 9.18 Å². The van der Waals surface area contributed by atoms with Crippen molar-refractivity contribution in [1.82, 2.24) is 9.97 Å². The summed E-state index contributed by atoms with van der Waals surface area (Å²) in [5.41, 5.74) is 0.959. The number of nitrogens with one attached hydrogen (secondary N) is 2. The van der Waals surface area contributed by atoms with E-state index in [1.807, 2.05) is 0 Å². The lowest BCUT2D eigenvalue weighted by Crippen LogP contribution is -2.19. The lowest BCUT2D eigenvalue weighted by atomic mass is 10.3. The van der Waals surface area contributed by atoms with Gasteiger partial charge in [0.15, 0.2) is 11.6 Å². The van der Waals surface area contributed by atoms with Crippen LogP contribution < -0.4 is 20.1 Å². The van der Waals surface area contributed by atoms with Crippen molar-refractivity contribution in [2.45, 2.75) is 0 Å². The quantitative estimate of drug-likeness (QED) is 0.722. The lowest BCUT2D eigenvalue weighted by molar-refractivity contribution is 0.262. The zero-order valence-corrected chi connectivity index (χ0v) is 13.8. The zero-order chi connectivity index (χ0) is 18.4. The molecule has 26 heavy (non-hydrogen) atoms. The van der Waals surface area contributed by atoms with E-state index < -0.39 is 11.8 Å². The van der Waals surface area contributed by atoms with Crippen LogP contribution in [0.15, 0.2) is 60.9 Å². The van der Waals surface area contributed by atoms with Gasteiger partial charge >= 0.3 is 12.0 Å². The van der Waals surface area contributed by atoms with Crippen LogP contribution in [0.1, 0.15) is 0 Å². The Morgan fingerprint density at radius 1 is 0.962 bits per heavy atom. The zero-order valence-electron chi connectivity index (χ0n) is 13.8. The molecule has 0 spiro atoms. The SMILES string of the molecule is COc1ccc(NC(=O)Nc2cnc(Oc3ccccc3F)nc2)cc1. The fraction of sp³-hybridized carbons (Fsp3) is 0.0556. The van der Waals surface area contributed by atoms with Gasteiger partial charge in [-0.3, -0.25) is 0 Å². The average molecular weight is 354 g/mol. The molecule has 132 valence electrons. The Labute approximate surface area is 148 Å². The summed E-state index contributed by atoms with van der Waals surface area (Å²) in [5.74, 6) is 0.192. The van der Waals surface area contributed by atoms with E-state index >= 15 is 0 Å². The monoisotopic (exact) mass is 354 g/mol. The Morgan fingerprint density at radius 3 is 2.27 bits per heavy atom. The highest BCUT2D eigenvalue weighted by Crippen LogP contribution is 2.21. The average Bonchev–Trinajstić information content (AvgIpc) is 2.66. The number of para-hydroxylation sites is 1. The van der Waals surface area contributed by atoms with Crippen molar-refractivity contribution in [3.63, 3.8) is 0 Å². The Balaban J connectivity index is 1.58. The van der Waals surface area contributed by atoms with E-state index in [0.717, 1.165) is 0 Å². The number of hydrogen-bond donors (Lipinski definition) is 2. The number of hydrogen-bond acceptors (Lipinski definition) is 5. The van der Waals surface area contributed by atoms with Gasteiger partial charge in [0.2, 0.25) is 0 Å². The normalized spacial score (nSPS) is 10.1. The molecule has 3 rings (SSSR count). The van der Waals surface area contributed by atoms with Gasteiger partial charge in [0.25, 0.3) is 0 Å². The van der Waals surface area contributed by atoms with Gasteiger partial charge < -0.3 is 20.1 Å². The minimum atomic E-state index is -0.517. The summed E-state index contributed by atoms with van der Waals surface area (Å²) in [7, 11) is 1.56. The molecule has 0 saturated carbocycles. The molecule has 0 saturated heterocycles. The first-order valence-corrected chi connectivity index (χ1v) is 7.60. The number of rotatable bonds is 5. The minimum Gasteiger partial charge on any atom is -0.497 e. The summed E-state index contributed by atoms with van der Waals surface area (Å²) in [6, 6.07) is 12.3. The predicted molar refractivity (Wildman–Crippen MR) is 94.1 cm³/mol. The molecule has 3 aromatic rings. The maximum absolute atomic E-state index is 13.5. The number of carbonyl (C=O) groups is 1. The molecule has 2 N–H and O–H groups in total. The summed E-state index contributed by atoms with van der Waals surface area (Å²) in [6.45, 7) is 0. The number of carbonyl (C=O) groups excluding carboxylic acids is 1. The summed E-state index contributed by atoms with van der Waals surface area (Å²) in [6.07, 6.45) is 2.72. The Kier molecular flexibility index (Phi) is 5.23. The van der Waals surface area contributed by atoms with E-state index in [2.05, 4.69) is 20.6 Å². The number of halogens is 1. The van der Waals surface area contributed by atoms with Crippen molar-refractivity contribution in [1.29, 1.82) is 0 Å². The number of ether oxygens (including phenoxy) is 2. The van der Waals surface area contributed by atoms with Crippen LogP contribution >= 0.6 is 0 Å². The van der Waals surface area contributed by atoms with Crippen LogP contribution in [0.2, 0.25) is 0 Å². The van der Waals surface area contributed by atoms with Gasteiger partial charge in [-0.1, -0.05) is 12.1 Å². The van der Waals surface area contributed by atoms with Crippen LogP contribution in [0.3, 0.4) is 0 Å². The standard InChI is InChI=1S/C18H15FN4O3/c1-25-14-8-6-12(7-9-14)22-17(24)23-13-10-20-18(21-11-13)26-16-5-3-2-4-15(16)19/h2-11H,1H3,(H2,22,23,24). The number of urea groups is 1. The van der Waals surface area contributed by atoms with Gasteiger partial charge in [0.05, 0.1) is 25.2 Å². The first-order valence-electron chi connectivity index (χ1n) is 7.60. The number of benzene rings is 2. The van der Waals surface area contributed by atoms with E-state index in [4.69, 9.17) is 9.47 Å². The first kappa shape index (κ1) is 17.2. The topological polar surface area (TPSA) is 85.4 Å². The van der Waals surface area contributed by atoms with Crippen LogP contribution in [0, 0.1) is 5.82 Å². The second-order valence-electron chi connectivity index (χ2n) is 5.09. The maximum atomic E-state index is 13.5. The molecule has 2 aromatic carbocycles. The lowest BCUT2D eigenvalue weighted by Gasteiger charge is -2.08. The molecule has 0 fully saturated rings. The fourth-order valence-corrected chi connectivity index (χ4v) is 2.03. The molecule has 0 aliphatic heterocycles. The number of nitrogens with zero attached hydrogens (tertiary/aromatic N) is 2. The molecule has 0 aliphatic rings. The second kappa shape index (κ2) is 7.93. The molecular formula is C18H15FN4O3. The molecule has 8 heteroatoms. The van der Waals surface area contributed by atoms with Crippen LogP contribution in [-0.4, -0.2) is 23.1 Å². The third kappa shape index (κ3) is 4.44. The van der Waals surface area contributed by atoms with Gasteiger partial charge in [0, 0.05) is 5.69 Å². The van der Waals surface area contributed by atoms with Crippen LogP contribution in [0.25, 0.3) is 0 Å². The van der Waals surface area contributed by atoms with Crippen molar-refractivity contribution in [2.75, 3.05) is 17.7 Å². The fourth-order valence-electron chi connectivity index (χ4n) is 2.03. The Hall–Kier alpha value is -3.68. The Morgan fingerprint density at radius 2 is 1.62 bits per heavy atom. The van der Waals surface area contributed by atoms with Crippen molar-refractivity contribution < 1.29 is 18.7 Å². The molecule has 0 atom stereocenters. The first-order chi connectivity index (χ1) is 12.6. The number of aromatic nitrogens is 2. The van der Waals surface area contributed by atoms with Crippen molar-refractivity contribution in [2.24, 2.45) is 0 Å². The van der Waals surface area contributed by atoms with Gasteiger partial charge in [0.1, 0.15) is 5.75 Å². The van der Waals surface area contributed by atoms with Crippen molar-refractivity contribution in [3.05, 3.63) is 66.7 Å². The second-order valence-corrected chi connectivity index (χ2v) is 5.09. The van der Waals surface area contributed by atoms with Gasteiger partial charge in [-0.05, 0) is 36.4 Å². The molecular weight excluding hydrogens is 339 g/mol. The van der Waals surface area contributed by atoms with Gasteiger partial charge in [-0.2, -0.15) is 0 Å².